The summed E-state index contributed by atoms with van der Waals surface area (Å²) in [6, 6.07) is 3.03. The molecule has 16 heavy (non-hydrogen) atoms. The highest BCUT2D eigenvalue weighted by Gasteiger charge is 2.16. The zero-order valence-electron chi connectivity index (χ0n) is 8.89. The van der Waals surface area contributed by atoms with E-state index in [9.17, 15) is 9.18 Å². The molecule has 1 nitrogen and oxygen atoms in total. The smallest absolute Gasteiger partial charge is 0.175 e. The van der Waals surface area contributed by atoms with Crippen LogP contribution in [0.25, 0.3) is 0 Å². The van der Waals surface area contributed by atoms with E-state index < -0.39 is 5.82 Å². The molecule has 1 rings (SSSR count). The molecule has 0 spiro atoms. The summed E-state index contributed by atoms with van der Waals surface area (Å²) in [4.78, 5) is 11.7. The molecular weight excluding hydrogens is 315 g/mol. The molecule has 0 unspecified atom stereocenters. The van der Waals surface area contributed by atoms with Crippen molar-refractivity contribution in [1.29, 1.82) is 0 Å². The van der Waals surface area contributed by atoms with Gasteiger partial charge in [-0.3, -0.25) is 4.79 Å². The lowest BCUT2D eigenvalue weighted by molar-refractivity contribution is 0.101. The van der Waals surface area contributed by atoms with Crippen molar-refractivity contribution in [1.82, 2.24) is 0 Å². The molecule has 0 saturated carbocycles. The number of rotatable bonds is 4. The van der Waals surface area contributed by atoms with Crippen molar-refractivity contribution in [3.8, 4) is 0 Å². The average molecular weight is 326 g/mol. The highest BCUT2D eigenvalue weighted by Crippen LogP contribution is 2.28. The summed E-state index contributed by atoms with van der Waals surface area (Å²) in [6.45, 7) is 3.98. The predicted octanol–water partition coefficient (Wildman–Crippen LogP) is 4.57. The quantitative estimate of drug-likeness (QED) is 0.596. The van der Waals surface area contributed by atoms with Gasteiger partial charge >= 0.3 is 0 Å². The van der Waals surface area contributed by atoms with Crippen LogP contribution in [-0.2, 0) is 0 Å². The van der Waals surface area contributed by atoms with Crippen molar-refractivity contribution < 1.29 is 9.18 Å². The van der Waals surface area contributed by atoms with Crippen LogP contribution in [0.15, 0.2) is 16.6 Å². The summed E-state index contributed by atoms with van der Waals surface area (Å²) in [5.74, 6) is -0.608. The average Bonchev–Trinajstić information content (AvgIpc) is 2.23. The Morgan fingerprint density at radius 3 is 2.75 bits per heavy atom. The van der Waals surface area contributed by atoms with E-state index in [0.717, 1.165) is 0 Å². The van der Waals surface area contributed by atoms with E-state index in [1.165, 1.54) is 17.8 Å². The third-order valence-electron chi connectivity index (χ3n) is 1.88. The Bertz CT molecular complexity index is 409. The summed E-state index contributed by atoms with van der Waals surface area (Å²) >= 11 is 10.3. The Morgan fingerprint density at radius 1 is 1.56 bits per heavy atom. The number of thioether (sulfide) groups is 1. The topological polar surface area (TPSA) is 17.1 Å². The Balaban J connectivity index is 2.88. The van der Waals surface area contributed by atoms with Gasteiger partial charge in [-0.1, -0.05) is 25.4 Å². The van der Waals surface area contributed by atoms with Crippen LogP contribution in [0.2, 0.25) is 5.02 Å². The number of benzene rings is 1. The van der Waals surface area contributed by atoms with E-state index >= 15 is 0 Å². The normalized spacial score (nSPS) is 10.9. The minimum absolute atomic E-state index is 0.0413. The van der Waals surface area contributed by atoms with Gasteiger partial charge in [-0.05, 0) is 33.3 Å². The van der Waals surface area contributed by atoms with Gasteiger partial charge in [0.2, 0.25) is 0 Å². The number of halogens is 3. The summed E-state index contributed by atoms with van der Waals surface area (Å²) in [6.07, 6.45) is 0. The second-order valence-electron chi connectivity index (χ2n) is 3.51. The number of hydrogen-bond acceptors (Lipinski definition) is 2. The van der Waals surface area contributed by atoms with Gasteiger partial charge < -0.3 is 0 Å². The molecule has 0 amide bonds. The molecule has 1 aromatic rings. The van der Waals surface area contributed by atoms with E-state index in [-0.39, 0.29) is 22.1 Å². The molecule has 5 heteroatoms. The summed E-state index contributed by atoms with van der Waals surface area (Å²) in [5, 5.41) is 0.304. The summed E-state index contributed by atoms with van der Waals surface area (Å²) in [7, 11) is 0. The van der Waals surface area contributed by atoms with E-state index in [4.69, 9.17) is 11.6 Å². The molecule has 0 aromatic heterocycles. The highest BCUT2D eigenvalue weighted by molar-refractivity contribution is 9.10. The van der Waals surface area contributed by atoms with Gasteiger partial charge in [0.25, 0.3) is 0 Å². The first-order valence-corrected chi connectivity index (χ1v) is 6.93. The molecule has 0 atom stereocenters. The minimum Gasteiger partial charge on any atom is -0.293 e. The molecule has 0 N–H and O–H groups in total. The van der Waals surface area contributed by atoms with Crippen molar-refractivity contribution in [2.24, 2.45) is 0 Å². The van der Waals surface area contributed by atoms with E-state index in [1.807, 2.05) is 13.8 Å². The maximum Gasteiger partial charge on any atom is 0.175 e. The largest absolute Gasteiger partial charge is 0.293 e. The number of carbonyl (C=O) groups is 1. The van der Waals surface area contributed by atoms with Gasteiger partial charge in [0.15, 0.2) is 11.6 Å². The van der Waals surface area contributed by atoms with Crippen LogP contribution in [-0.4, -0.2) is 16.8 Å². The Morgan fingerprint density at radius 2 is 2.19 bits per heavy atom. The monoisotopic (exact) mass is 324 g/mol. The van der Waals surface area contributed by atoms with Crippen LogP contribution < -0.4 is 0 Å². The van der Waals surface area contributed by atoms with E-state index in [1.54, 1.807) is 6.07 Å². The van der Waals surface area contributed by atoms with Gasteiger partial charge in [-0.2, -0.15) is 11.8 Å². The summed E-state index contributed by atoms with van der Waals surface area (Å²) < 4.78 is 14.1. The Hall–Kier alpha value is -0.0600. The van der Waals surface area contributed by atoms with Crippen LogP contribution >= 0.6 is 39.3 Å². The zero-order chi connectivity index (χ0) is 12.3. The van der Waals surface area contributed by atoms with Crippen LogP contribution in [0.3, 0.4) is 0 Å². The zero-order valence-corrected chi connectivity index (χ0v) is 12.0. The SMILES string of the molecule is CC(C)SCC(=O)c1ccc(Br)c(Cl)c1F. The van der Waals surface area contributed by atoms with Gasteiger partial charge in [-0.25, -0.2) is 4.39 Å². The third kappa shape index (κ3) is 3.47. The standard InChI is InChI=1S/C11H11BrClFOS/c1-6(2)16-5-9(15)7-3-4-8(12)10(13)11(7)14/h3-4,6H,5H2,1-2H3. The second-order valence-corrected chi connectivity index (χ2v) is 6.30. The molecule has 88 valence electrons. The van der Waals surface area contributed by atoms with Crippen molar-refractivity contribution in [3.63, 3.8) is 0 Å². The van der Waals surface area contributed by atoms with Crippen molar-refractivity contribution in [2.45, 2.75) is 19.1 Å². The van der Waals surface area contributed by atoms with Crippen molar-refractivity contribution in [2.75, 3.05) is 5.75 Å². The Labute approximate surface area is 112 Å². The maximum atomic E-state index is 13.6. The lowest BCUT2D eigenvalue weighted by atomic mass is 10.1. The fourth-order valence-corrected chi connectivity index (χ4v) is 2.17. The first-order chi connectivity index (χ1) is 7.43. The highest BCUT2D eigenvalue weighted by atomic mass is 79.9. The first kappa shape index (κ1) is 14.0. The molecule has 0 saturated heterocycles. The molecule has 0 radical (unpaired) electrons. The van der Waals surface area contributed by atoms with Gasteiger partial charge in [0.05, 0.1) is 16.3 Å². The molecule has 0 aliphatic carbocycles. The molecule has 0 aliphatic heterocycles. The lowest BCUT2D eigenvalue weighted by Gasteiger charge is -2.06. The molecule has 0 bridgehead atoms. The number of carbonyl (C=O) groups excluding carboxylic acids is 1. The van der Waals surface area contributed by atoms with Crippen LogP contribution in [0.4, 0.5) is 4.39 Å². The lowest BCUT2D eigenvalue weighted by Crippen LogP contribution is -2.07. The minimum atomic E-state index is -0.648. The number of hydrogen-bond donors (Lipinski definition) is 0. The first-order valence-electron chi connectivity index (χ1n) is 4.71. The predicted molar refractivity (Wildman–Crippen MR) is 71.0 cm³/mol. The summed E-state index contributed by atoms with van der Waals surface area (Å²) in [5.41, 5.74) is 0.0568. The van der Waals surface area contributed by atoms with Crippen LogP contribution in [0.1, 0.15) is 24.2 Å². The fraction of sp³-hybridized carbons (Fsp3) is 0.364. The van der Waals surface area contributed by atoms with Gasteiger partial charge in [0, 0.05) is 4.47 Å². The van der Waals surface area contributed by atoms with Crippen molar-refractivity contribution in [3.05, 3.63) is 33.0 Å². The van der Waals surface area contributed by atoms with E-state index in [0.29, 0.717) is 9.72 Å². The third-order valence-corrected chi connectivity index (χ3v) is 4.24. The maximum absolute atomic E-state index is 13.6. The molecule has 1 aromatic carbocycles. The second kappa shape index (κ2) is 6.03. The molecule has 0 fully saturated rings. The fourth-order valence-electron chi connectivity index (χ4n) is 1.06. The van der Waals surface area contributed by atoms with Gasteiger partial charge in [-0.15, -0.1) is 0 Å². The van der Waals surface area contributed by atoms with Crippen molar-refractivity contribution >= 4 is 45.1 Å². The van der Waals surface area contributed by atoms with Crippen LogP contribution in [0, 0.1) is 5.82 Å². The Kier molecular flexibility index (Phi) is 5.28. The molecular formula is C11H11BrClFOS. The van der Waals surface area contributed by atoms with Gasteiger partial charge in [0.1, 0.15) is 0 Å². The molecule has 0 heterocycles. The molecule has 0 aliphatic rings. The number of Topliss-reactive ketones (excluding diaryl/α,β-unsaturated/α-hetero) is 1. The van der Waals surface area contributed by atoms with Crippen LogP contribution in [0.5, 0.6) is 0 Å². The van der Waals surface area contributed by atoms with E-state index in [2.05, 4.69) is 15.9 Å². The number of ketones is 1.